The van der Waals surface area contributed by atoms with E-state index in [1.807, 2.05) is 0 Å². The highest BCUT2D eigenvalue weighted by Crippen LogP contribution is 2.12. The summed E-state index contributed by atoms with van der Waals surface area (Å²) in [5.74, 6) is 0.395. The highest BCUT2D eigenvalue weighted by atomic mass is 16.4. The molecule has 1 heterocycles. The molecule has 0 saturated carbocycles. The van der Waals surface area contributed by atoms with Gasteiger partial charge in [-0.1, -0.05) is 5.16 Å². The minimum atomic E-state index is 0.395. The number of nitrogens with one attached hydrogen (secondary N) is 1. The lowest BCUT2D eigenvalue weighted by molar-refractivity contribution is 0.312. The molecule has 0 aliphatic carbocycles. The van der Waals surface area contributed by atoms with Crippen LogP contribution in [-0.2, 0) is 0 Å². The molecule has 0 spiro atoms. The van der Waals surface area contributed by atoms with Gasteiger partial charge in [0.15, 0.2) is 0 Å². The van der Waals surface area contributed by atoms with Crippen molar-refractivity contribution in [3.05, 3.63) is 6.92 Å². The summed E-state index contributed by atoms with van der Waals surface area (Å²) in [6.07, 6.45) is 2.09. The summed E-state index contributed by atoms with van der Waals surface area (Å²) < 4.78 is 0. The van der Waals surface area contributed by atoms with E-state index >= 15 is 0 Å². The number of hydrogen-bond acceptors (Lipinski definition) is 3. The Balaban J connectivity index is 2.39. The summed E-state index contributed by atoms with van der Waals surface area (Å²) in [4.78, 5) is 0. The third kappa shape index (κ3) is 1.70. The van der Waals surface area contributed by atoms with Crippen LogP contribution in [0.25, 0.3) is 0 Å². The van der Waals surface area contributed by atoms with Gasteiger partial charge in [-0.2, -0.15) is 0 Å². The zero-order chi connectivity index (χ0) is 7.40. The first-order chi connectivity index (χ1) is 4.84. The standard InChI is InChI=1S/C7H13N2O/c1-6(9-10)7-2-4-8-5-3-7/h7-8,10H,1-5H2. The Labute approximate surface area is 61.1 Å². The number of piperidine rings is 1. The molecule has 1 aliphatic rings. The third-order valence-electron chi connectivity index (χ3n) is 1.94. The first-order valence-corrected chi connectivity index (χ1v) is 3.59. The number of rotatable bonds is 1. The molecule has 0 aromatic rings. The van der Waals surface area contributed by atoms with Crippen LogP contribution < -0.4 is 5.32 Å². The molecular formula is C7H13N2O. The predicted molar refractivity (Wildman–Crippen MR) is 40.2 cm³/mol. The predicted octanol–water partition coefficient (Wildman–Crippen LogP) is 0.650. The van der Waals surface area contributed by atoms with E-state index in [-0.39, 0.29) is 0 Å². The Bertz CT molecular complexity index is 128. The van der Waals surface area contributed by atoms with Gasteiger partial charge in [-0.15, -0.1) is 0 Å². The minimum absolute atomic E-state index is 0.395. The smallest absolute Gasteiger partial charge is 0.0606 e. The van der Waals surface area contributed by atoms with Gasteiger partial charge in [0.05, 0.1) is 5.71 Å². The summed E-state index contributed by atoms with van der Waals surface area (Å²) in [6, 6.07) is 0. The van der Waals surface area contributed by atoms with E-state index in [9.17, 15) is 0 Å². The molecule has 0 atom stereocenters. The quantitative estimate of drug-likeness (QED) is 0.320. The maximum absolute atomic E-state index is 8.39. The minimum Gasteiger partial charge on any atom is -0.411 e. The Morgan fingerprint density at radius 3 is 2.60 bits per heavy atom. The number of hydrogen-bond donors (Lipinski definition) is 2. The normalized spacial score (nSPS) is 23.1. The second-order valence-electron chi connectivity index (χ2n) is 2.62. The van der Waals surface area contributed by atoms with E-state index in [2.05, 4.69) is 17.4 Å². The zero-order valence-electron chi connectivity index (χ0n) is 6.01. The Hall–Kier alpha value is -0.570. The van der Waals surface area contributed by atoms with Crippen LogP contribution in [-0.4, -0.2) is 24.0 Å². The molecule has 1 fully saturated rings. The van der Waals surface area contributed by atoms with Gasteiger partial charge in [0.2, 0.25) is 0 Å². The molecule has 0 bridgehead atoms. The van der Waals surface area contributed by atoms with Crippen LogP contribution in [0.2, 0.25) is 0 Å². The lowest BCUT2D eigenvalue weighted by Crippen LogP contribution is -2.31. The van der Waals surface area contributed by atoms with Crippen molar-refractivity contribution >= 4 is 5.71 Å². The van der Waals surface area contributed by atoms with Crippen LogP contribution in [0.5, 0.6) is 0 Å². The van der Waals surface area contributed by atoms with Gasteiger partial charge in [-0.25, -0.2) is 0 Å². The van der Waals surface area contributed by atoms with Crippen molar-refractivity contribution in [2.24, 2.45) is 11.1 Å². The fraction of sp³-hybridized carbons (Fsp3) is 0.714. The second kappa shape index (κ2) is 3.56. The summed E-state index contributed by atoms with van der Waals surface area (Å²) in [5.41, 5.74) is 0.626. The van der Waals surface area contributed by atoms with Crippen LogP contribution >= 0.6 is 0 Å². The molecule has 1 radical (unpaired) electrons. The molecular weight excluding hydrogens is 128 g/mol. The lowest BCUT2D eigenvalue weighted by atomic mass is 9.94. The molecule has 1 aliphatic heterocycles. The van der Waals surface area contributed by atoms with Crippen molar-refractivity contribution < 1.29 is 5.21 Å². The summed E-state index contributed by atoms with van der Waals surface area (Å²) >= 11 is 0. The van der Waals surface area contributed by atoms with Crippen LogP contribution in [0.1, 0.15) is 12.8 Å². The van der Waals surface area contributed by atoms with Gasteiger partial charge >= 0.3 is 0 Å². The van der Waals surface area contributed by atoms with E-state index in [1.165, 1.54) is 0 Å². The van der Waals surface area contributed by atoms with Gasteiger partial charge in [0.25, 0.3) is 0 Å². The highest BCUT2D eigenvalue weighted by Gasteiger charge is 2.15. The fourth-order valence-electron chi connectivity index (χ4n) is 1.24. The molecule has 1 rings (SSSR count). The fourth-order valence-corrected chi connectivity index (χ4v) is 1.24. The topological polar surface area (TPSA) is 44.6 Å². The van der Waals surface area contributed by atoms with Crippen LogP contribution in [0, 0.1) is 12.8 Å². The Morgan fingerprint density at radius 2 is 2.10 bits per heavy atom. The average Bonchev–Trinajstić information content (AvgIpc) is 2.05. The molecule has 0 amide bonds. The molecule has 0 aromatic heterocycles. The number of nitrogens with zero attached hydrogens (tertiary/aromatic N) is 1. The van der Waals surface area contributed by atoms with Crippen molar-refractivity contribution in [3.63, 3.8) is 0 Å². The van der Waals surface area contributed by atoms with Crippen LogP contribution in [0.3, 0.4) is 0 Å². The second-order valence-corrected chi connectivity index (χ2v) is 2.62. The van der Waals surface area contributed by atoms with Crippen molar-refractivity contribution in [2.45, 2.75) is 12.8 Å². The number of oxime groups is 1. The first-order valence-electron chi connectivity index (χ1n) is 3.59. The maximum atomic E-state index is 8.39. The summed E-state index contributed by atoms with van der Waals surface area (Å²) in [6.45, 7) is 5.68. The molecule has 57 valence electrons. The Kier molecular flexibility index (Phi) is 2.68. The van der Waals surface area contributed by atoms with Gasteiger partial charge in [-0.05, 0) is 32.9 Å². The highest BCUT2D eigenvalue weighted by molar-refractivity contribution is 5.90. The summed E-state index contributed by atoms with van der Waals surface area (Å²) in [7, 11) is 0. The molecule has 10 heavy (non-hydrogen) atoms. The van der Waals surface area contributed by atoms with Crippen molar-refractivity contribution in [1.29, 1.82) is 0 Å². The largest absolute Gasteiger partial charge is 0.411 e. The first kappa shape index (κ1) is 7.54. The van der Waals surface area contributed by atoms with Gasteiger partial charge in [-0.3, -0.25) is 0 Å². The van der Waals surface area contributed by atoms with Crippen molar-refractivity contribution in [2.75, 3.05) is 13.1 Å². The van der Waals surface area contributed by atoms with Gasteiger partial charge in [0, 0.05) is 5.92 Å². The maximum Gasteiger partial charge on any atom is 0.0606 e. The lowest BCUT2D eigenvalue weighted by Gasteiger charge is -2.21. The zero-order valence-corrected chi connectivity index (χ0v) is 6.01. The molecule has 0 aromatic carbocycles. The third-order valence-corrected chi connectivity index (χ3v) is 1.94. The summed E-state index contributed by atoms with van der Waals surface area (Å²) in [5, 5.41) is 14.7. The van der Waals surface area contributed by atoms with Gasteiger partial charge in [0.1, 0.15) is 0 Å². The molecule has 0 unspecified atom stereocenters. The van der Waals surface area contributed by atoms with Gasteiger partial charge < -0.3 is 10.5 Å². The van der Waals surface area contributed by atoms with E-state index in [4.69, 9.17) is 5.21 Å². The molecule has 2 N–H and O–H groups in total. The van der Waals surface area contributed by atoms with Crippen molar-refractivity contribution in [1.82, 2.24) is 5.32 Å². The van der Waals surface area contributed by atoms with E-state index in [0.717, 1.165) is 25.9 Å². The monoisotopic (exact) mass is 141 g/mol. The van der Waals surface area contributed by atoms with Crippen molar-refractivity contribution in [3.8, 4) is 0 Å². The van der Waals surface area contributed by atoms with E-state index in [1.54, 1.807) is 0 Å². The van der Waals surface area contributed by atoms with Crippen LogP contribution in [0.4, 0.5) is 0 Å². The SMILES string of the molecule is [CH2]C(=NO)C1CCNCC1. The molecule has 1 saturated heterocycles. The van der Waals surface area contributed by atoms with E-state index in [0.29, 0.717) is 11.6 Å². The average molecular weight is 141 g/mol. The molecule has 3 nitrogen and oxygen atoms in total. The van der Waals surface area contributed by atoms with E-state index < -0.39 is 0 Å². The van der Waals surface area contributed by atoms with Crippen LogP contribution in [0.15, 0.2) is 5.16 Å². The molecule has 3 heteroatoms. The Morgan fingerprint density at radius 1 is 1.50 bits per heavy atom.